The van der Waals surface area contributed by atoms with E-state index in [2.05, 4.69) is 25.2 Å². The zero-order chi connectivity index (χ0) is 21.8. The predicted octanol–water partition coefficient (Wildman–Crippen LogP) is 3.35. The SMILES string of the molecule is CC(C)OC(=O)N1CCC(N2CCCOc3c(Nc4ccncc4F)ncnc32)CC1. The van der Waals surface area contributed by atoms with E-state index in [0.29, 0.717) is 37.1 Å². The average molecular weight is 430 g/mol. The normalized spacial score (nSPS) is 17.0. The number of aromatic nitrogens is 3. The summed E-state index contributed by atoms with van der Waals surface area (Å²) in [6.45, 7) is 6.25. The van der Waals surface area contributed by atoms with Crippen LogP contribution in [0.15, 0.2) is 24.8 Å². The largest absolute Gasteiger partial charge is 0.486 e. The van der Waals surface area contributed by atoms with Gasteiger partial charge in [0, 0.05) is 31.9 Å². The molecule has 1 amide bonds. The van der Waals surface area contributed by atoms with Crippen molar-refractivity contribution in [1.29, 1.82) is 0 Å². The number of piperidine rings is 1. The van der Waals surface area contributed by atoms with Crippen molar-refractivity contribution in [3.63, 3.8) is 0 Å². The number of rotatable bonds is 4. The summed E-state index contributed by atoms with van der Waals surface area (Å²) >= 11 is 0. The Labute approximate surface area is 180 Å². The molecule has 2 aromatic rings. The van der Waals surface area contributed by atoms with Gasteiger partial charge in [-0.05, 0) is 39.2 Å². The van der Waals surface area contributed by atoms with Crippen LogP contribution in [0.25, 0.3) is 0 Å². The lowest BCUT2D eigenvalue weighted by molar-refractivity contribution is 0.0690. The molecule has 31 heavy (non-hydrogen) atoms. The van der Waals surface area contributed by atoms with E-state index >= 15 is 0 Å². The Balaban J connectivity index is 1.52. The van der Waals surface area contributed by atoms with Crippen LogP contribution in [0, 0.1) is 5.82 Å². The Morgan fingerprint density at radius 2 is 2.10 bits per heavy atom. The molecule has 2 aromatic heterocycles. The van der Waals surface area contributed by atoms with Crippen molar-refractivity contribution >= 4 is 23.4 Å². The predicted molar refractivity (Wildman–Crippen MR) is 113 cm³/mol. The molecule has 2 aliphatic heterocycles. The van der Waals surface area contributed by atoms with E-state index in [9.17, 15) is 9.18 Å². The number of ether oxygens (including phenoxy) is 2. The van der Waals surface area contributed by atoms with Gasteiger partial charge in [0.15, 0.2) is 17.5 Å². The van der Waals surface area contributed by atoms with Crippen LogP contribution in [0.3, 0.4) is 0 Å². The minimum absolute atomic E-state index is 0.132. The summed E-state index contributed by atoms with van der Waals surface area (Å²) in [5.41, 5.74) is 0.271. The number of nitrogens with one attached hydrogen (secondary N) is 1. The standard InChI is InChI=1S/C21H27FN6O3/c1-14(2)31-21(29)27-9-5-15(6-10-27)28-8-3-11-30-18-19(24-13-25-20(18)28)26-17-4-7-23-12-16(17)22/h4,7,12-15H,3,5-6,8-11H2,1-2H3,(H,23,24,25,26). The highest BCUT2D eigenvalue weighted by molar-refractivity contribution is 5.71. The summed E-state index contributed by atoms with van der Waals surface area (Å²) in [6, 6.07) is 1.76. The van der Waals surface area contributed by atoms with Crippen molar-refractivity contribution in [3.8, 4) is 5.75 Å². The van der Waals surface area contributed by atoms with Crippen molar-refractivity contribution < 1.29 is 18.7 Å². The average Bonchev–Trinajstić information content (AvgIpc) is 2.98. The molecule has 0 spiro atoms. The third-order valence-electron chi connectivity index (χ3n) is 5.37. The maximum absolute atomic E-state index is 14.1. The number of likely N-dealkylation sites (tertiary alicyclic amines) is 1. The van der Waals surface area contributed by atoms with Crippen LogP contribution in [-0.4, -0.2) is 64.3 Å². The van der Waals surface area contributed by atoms with Crippen LogP contribution in [0.5, 0.6) is 5.75 Å². The minimum Gasteiger partial charge on any atom is -0.486 e. The highest BCUT2D eigenvalue weighted by Gasteiger charge is 2.32. The lowest BCUT2D eigenvalue weighted by atomic mass is 10.0. The molecule has 4 rings (SSSR count). The van der Waals surface area contributed by atoms with Gasteiger partial charge in [-0.15, -0.1) is 0 Å². The molecule has 0 atom stereocenters. The van der Waals surface area contributed by atoms with E-state index in [1.165, 1.54) is 12.5 Å². The zero-order valence-corrected chi connectivity index (χ0v) is 17.8. The van der Waals surface area contributed by atoms with E-state index in [-0.39, 0.29) is 23.9 Å². The number of nitrogens with zero attached hydrogens (tertiary/aromatic N) is 5. The van der Waals surface area contributed by atoms with E-state index in [1.54, 1.807) is 11.0 Å². The molecular weight excluding hydrogens is 403 g/mol. The number of fused-ring (bicyclic) bond motifs is 1. The maximum atomic E-state index is 14.1. The summed E-state index contributed by atoms with van der Waals surface area (Å²) in [4.78, 5) is 28.7. The van der Waals surface area contributed by atoms with Gasteiger partial charge in [-0.1, -0.05) is 0 Å². The summed E-state index contributed by atoms with van der Waals surface area (Å²) in [6.07, 6.45) is 6.15. The van der Waals surface area contributed by atoms with Gasteiger partial charge >= 0.3 is 6.09 Å². The monoisotopic (exact) mass is 430 g/mol. The van der Waals surface area contributed by atoms with E-state index in [0.717, 1.165) is 32.0 Å². The van der Waals surface area contributed by atoms with Crippen LogP contribution in [0.2, 0.25) is 0 Å². The van der Waals surface area contributed by atoms with Gasteiger partial charge < -0.3 is 24.6 Å². The minimum atomic E-state index is -0.471. The second kappa shape index (κ2) is 9.32. The van der Waals surface area contributed by atoms with Crippen molar-refractivity contribution in [2.75, 3.05) is 36.5 Å². The molecule has 9 nitrogen and oxygen atoms in total. The van der Waals surface area contributed by atoms with Crippen LogP contribution >= 0.6 is 0 Å². The fourth-order valence-corrected chi connectivity index (χ4v) is 3.90. The van der Waals surface area contributed by atoms with Crippen molar-refractivity contribution in [1.82, 2.24) is 19.9 Å². The first-order valence-electron chi connectivity index (χ1n) is 10.6. The molecule has 0 aliphatic carbocycles. The Morgan fingerprint density at radius 3 is 2.84 bits per heavy atom. The van der Waals surface area contributed by atoms with Crippen LogP contribution < -0.4 is 15.0 Å². The molecule has 1 saturated heterocycles. The lowest BCUT2D eigenvalue weighted by Crippen LogP contribution is -2.47. The molecule has 2 aliphatic rings. The van der Waals surface area contributed by atoms with E-state index < -0.39 is 5.82 Å². The molecule has 0 unspecified atom stereocenters. The number of anilines is 3. The maximum Gasteiger partial charge on any atom is 0.410 e. The van der Waals surface area contributed by atoms with Gasteiger partial charge in [0.1, 0.15) is 6.33 Å². The van der Waals surface area contributed by atoms with Gasteiger partial charge in [-0.2, -0.15) is 0 Å². The number of hydrogen-bond donors (Lipinski definition) is 1. The fourth-order valence-electron chi connectivity index (χ4n) is 3.90. The molecule has 0 saturated carbocycles. The lowest BCUT2D eigenvalue weighted by Gasteiger charge is -2.38. The number of pyridine rings is 1. The van der Waals surface area contributed by atoms with Gasteiger partial charge in [0.25, 0.3) is 0 Å². The Bertz CT molecular complexity index is 920. The van der Waals surface area contributed by atoms with Crippen molar-refractivity contribution in [2.24, 2.45) is 0 Å². The highest BCUT2D eigenvalue weighted by Crippen LogP contribution is 2.38. The third kappa shape index (κ3) is 4.78. The quantitative estimate of drug-likeness (QED) is 0.790. The molecule has 0 radical (unpaired) electrons. The Hall–Kier alpha value is -3.17. The van der Waals surface area contributed by atoms with Crippen LogP contribution in [0.4, 0.5) is 26.5 Å². The zero-order valence-electron chi connectivity index (χ0n) is 17.8. The molecule has 0 bridgehead atoms. The smallest absolute Gasteiger partial charge is 0.410 e. The summed E-state index contributed by atoms with van der Waals surface area (Å²) in [5, 5.41) is 3.00. The summed E-state index contributed by atoms with van der Waals surface area (Å²) in [5.74, 6) is 1.14. The second-order valence-corrected chi connectivity index (χ2v) is 7.90. The van der Waals surface area contributed by atoms with Gasteiger partial charge in [0.2, 0.25) is 5.75 Å². The first kappa shape index (κ1) is 21.1. The molecule has 0 aromatic carbocycles. The Kier molecular flexibility index (Phi) is 6.34. The first-order chi connectivity index (χ1) is 15.0. The number of halogens is 1. The third-order valence-corrected chi connectivity index (χ3v) is 5.37. The van der Waals surface area contributed by atoms with E-state index in [1.807, 2.05) is 13.8 Å². The molecule has 1 fully saturated rings. The highest BCUT2D eigenvalue weighted by atomic mass is 19.1. The molecule has 10 heteroatoms. The fraction of sp³-hybridized carbons (Fsp3) is 0.524. The molecule has 166 valence electrons. The number of amides is 1. The number of carbonyl (C=O) groups is 1. The van der Waals surface area contributed by atoms with Crippen LogP contribution in [0.1, 0.15) is 33.1 Å². The molecule has 1 N–H and O–H groups in total. The van der Waals surface area contributed by atoms with Crippen molar-refractivity contribution in [2.45, 2.75) is 45.3 Å². The first-order valence-corrected chi connectivity index (χ1v) is 10.6. The van der Waals surface area contributed by atoms with Crippen LogP contribution in [-0.2, 0) is 4.74 Å². The van der Waals surface area contributed by atoms with Gasteiger partial charge in [-0.3, -0.25) is 4.98 Å². The summed E-state index contributed by atoms with van der Waals surface area (Å²) < 4.78 is 25.4. The van der Waals surface area contributed by atoms with Gasteiger partial charge in [-0.25, -0.2) is 19.2 Å². The molecule has 4 heterocycles. The number of hydrogen-bond acceptors (Lipinski definition) is 8. The second-order valence-electron chi connectivity index (χ2n) is 7.90. The summed E-state index contributed by atoms with van der Waals surface area (Å²) in [7, 11) is 0. The van der Waals surface area contributed by atoms with Crippen molar-refractivity contribution in [3.05, 3.63) is 30.6 Å². The number of carbonyl (C=O) groups excluding carboxylic acids is 1. The van der Waals surface area contributed by atoms with Gasteiger partial charge in [0.05, 0.1) is 24.6 Å². The van der Waals surface area contributed by atoms with E-state index in [4.69, 9.17) is 9.47 Å². The molecular formula is C21H27FN6O3. The Morgan fingerprint density at radius 1 is 1.29 bits per heavy atom. The topological polar surface area (TPSA) is 92.7 Å².